The Morgan fingerprint density at radius 2 is 1.88 bits per heavy atom. The Morgan fingerprint density at radius 3 is 2.65 bits per heavy atom. The topological polar surface area (TPSA) is 38.0 Å². The van der Waals surface area contributed by atoms with Crippen LogP contribution in [0.2, 0.25) is 0 Å². The summed E-state index contributed by atoms with van der Waals surface area (Å²) < 4.78 is 0. The lowest BCUT2D eigenvalue weighted by atomic mass is 9.96. The molecule has 1 unspecified atom stereocenters. The van der Waals surface area contributed by atoms with Crippen LogP contribution >= 0.6 is 0 Å². The van der Waals surface area contributed by atoms with Crippen molar-refractivity contribution in [1.82, 2.24) is 5.32 Å². The van der Waals surface area contributed by atoms with Crippen LogP contribution in [0, 0.1) is 0 Å². The molecule has 90 valence electrons. The summed E-state index contributed by atoms with van der Waals surface area (Å²) in [4.78, 5) is 0. The van der Waals surface area contributed by atoms with Crippen LogP contribution < -0.4 is 11.1 Å². The molecule has 1 atom stereocenters. The SMILES string of the molecule is CNC(CCCN)c1cccc2ccccc12. The third-order valence-electron chi connectivity index (χ3n) is 3.24. The highest BCUT2D eigenvalue weighted by Gasteiger charge is 2.11. The average molecular weight is 228 g/mol. The number of hydrogen-bond donors (Lipinski definition) is 2. The molecule has 0 saturated heterocycles. The van der Waals surface area contributed by atoms with Gasteiger partial charge in [-0.3, -0.25) is 0 Å². The molecule has 2 nitrogen and oxygen atoms in total. The van der Waals surface area contributed by atoms with Crippen molar-refractivity contribution in [1.29, 1.82) is 0 Å². The number of benzene rings is 2. The maximum Gasteiger partial charge on any atom is 0.0324 e. The van der Waals surface area contributed by atoms with Crippen LogP contribution in [0.25, 0.3) is 10.8 Å². The molecule has 0 spiro atoms. The standard InChI is InChI=1S/C15H20N2/c1-17-15(10-5-11-16)14-9-4-7-12-6-2-3-8-13(12)14/h2-4,6-9,15,17H,5,10-11,16H2,1H3. The molecule has 2 heteroatoms. The fourth-order valence-electron chi connectivity index (χ4n) is 2.33. The Bertz CT molecular complexity index is 474. The van der Waals surface area contributed by atoms with Gasteiger partial charge in [0.15, 0.2) is 0 Å². The van der Waals surface area contributed by atoms with Gasteiger partial charge in [0.1, 0.15) is 0 Å². The predicted molar refractivity (Wildman–Crippen MR) is 74.0 cm³/mol. The van der Waals surface area contributed by atoms with Crippen LogP contribution in [0.3, 0.4) is 0 Å². The Morgan fingerprint density at radius 1 is 1.12 bits per heavy atom. The minimum Gasteiger partial charge on any atom is -0.330 e. The smallest absolute Gasteiger partial charge is 0.0324 e. The molecule has 2 rings (SSSR count). The first kappa shape index (κ1) is 12.1. The zero-order chi connectivity index (χ0) is 12.1. The zero-order valence-electron chi connectivity index (χ0n) is 10.3. The average Bonchev–Trinajstić information content (AvgIpc) is 2.40. The Hall–Kier alpha value is -1.38. The maximum atomic E-state index is 5.59. The first-order chi connectivity index (χ1) is 8.36. The largest absolute Gasteiger partial charge is 0.330 e. The lowest BCUT2D eigenvalue weighted by Gasteiger charge is -2.18. The van der Waals surface area contributed by atoms with E-state index < -0.39 is 0 Å². The van der Waals surface area contributed by atoms with Gasteiger partial charge in [-0.05, 0) is 42.8 Å². The molecule has 2 aromatic rings. The van der Waals surface area contributed by atoms with Crippen molar-refractivity contribution < 1.29 is 0 Å². The number of nitrogens with two attached hydrogens (primary N) is 1. The molecule has 0 radical (unpaired) electrons. The summed E-state index contributed by atoms with van der Waals surface area (Å²) in [5.41, 5.74) is 6.97. The molecule has 0 aliphatic carbocycles. The van der Waals surface area contributed by atoms with Gasteiger partial charge in [0, 0.05) is 6.04 Å². The fraction of sp³-hybridized carbons (Fsp3) is 0.333. The van der Waals surface area contributed by atoms with Crippen LogP contribution in [0.15, 0.2) is 42.5 Å². The van der Waals surface area contributed by atoms with Crippen molar-refractivity contribution in [3.8, 4) is 0 Å². The second-order valence-electron chi connectivity index (χ2n) is 4.34. The van der Waals surface area contributed by atoms with E-state index in [2.05, 4.69) is 47.8 Å². The third kappa shape index (κ3) is 2.65. The van der Waals surface area contributed by atoms with Gasteiger partial charge in [-0.15, -0.1) is 0 Å². The van der Waals surface area contributed by atoms with E-state index in [0.29, 0.717) is 6.04 Å². The van der Waals surface area contributed by atoms with Gasteiger partial charge in [-0.25, -0.2) is 0 Å². The predicted octanol–water partition coefficient (Wildman–Crippen LogP) is 2.84. The van der Waals surface area contributed by atoms with Crippen molar-refractivity contribution in [2.45, 2.75) is 18.9 Å². The van der Waals surface area contributed by atoms with Crippen LogP contribution in [-0.2, 0) is 0 Å². The first-order valence-electron chi connectivity index (χ1n) is 6.22. The number of fused-ring (bicyclic) bond motifs is 1. The quantitative estimate of drug-likeness (QED) is 0.826. The minimum absolute atomic E-state index is 0.393. The Balaban J connectivity index is 2.38. The molecule has 3 N–H and O–H groups in total. The van der Waals surface area contributed by atoms with Crippen molar-refractivity contribution in [2.24, 2.45) is 5.73 Å². The summed E-state index contributed by atoms with van der Waals surface area (Å²) >= 11 is 0. The van der Waals surface area contributed by atoms with Gasteiger partial charge in [0.25, 0.3) is 0 Å². The van der Waals surface area contributed by atoms with Crippen LogP contribution in [0.4, 0.5) is 0 Å². The molecule has 0 saturated carbocycles. The molecular weight excluding hydrogens is 208 g/mol. The van der Waals surface area contributed by atoms with Crippen molar-refractivity contribution in [3.63, 3.8) is 0 Å². The lowest BCUT2D eigenvalue weighted by molar-refractivity contribution is 0.534. The number of nitrogens with one attached hydrogen (secondary N) is 1. The first-order valence-corrected chi connectivity index (χ1v) is 6.22. The molecule has 0 heterocycles. The molecule has 0 fully saturated rings. The summed E-state index contributed by atoms with van der Waals surface area (Å²) in [7, 11) is 2.02. The molecular formula is C15H20N2. The molecule has 0 aliphatic rings. The van der Waals surface area contributed by atoms with E-state index in [9.17, 15) is 0 Å². The summed E-state index contributed by atoms with van der Waals surface area (Å²) in [5, 5.41) is 6.03. The van der Waals surface area contributed by atoms with Crippen molar-refractivity contribution >= 4 is 10.8 Å². The van der Waals surface area contributed by atoms with E-state index in [-0.39, 0.29) is 0 Å². The Labute approximate surface area is 103 Å². The van der Waals surface area contributed by atoms with Crippen LogP contribution in [0.5, 0.6) is 0 Å². The molecule has 0 bridgehead atoms. The van der Waals surface area contributed by atoms with Gasteiger partial charge < -0.3 is 11.1 Å². The van der Waals surface area contributed by atoms with E-state index in [4.69, 9.17) is 5.73 Å². The summed E-state index contributed by atoms with van der Waals surface area (Å²) in [6.45, 7) is 0.753. The second-order valence-corrected chi connectivity index (χ2v) is 4.34. The van der Waals surface area contributed by atoms with E-state index >= 15 is 0 Å². The van der Waals surface area contributed by atoms with Gasteiger partial charge in [0.05, 0.1) is 0 Å². The summed E-state index contributed by atoms with van der Waals surface area (Å²) in [6, 6.07) is 15.4. The van der Waals surface area contributed by atoms with Crippen LogP contribution in [0.1, 0.15) is 24.4 Å². The molecule has 0 amide bonds. The molecule has 2 aromatic carbocycles. The van der Waals surface area contributed by atoms with Crippen molar-refractivity contribution in [2.75, 3.05) is 13.6 Å². The summed E-state index contributed by atoms with van der Waals surface area (Å²) in [6.07, 6.45) is 2.13. The number of rotatable bonds is 5. The van der Waals surface area contributed by atoms with Crippen LogP contribution in [-0.4, -0.2) is 13.6 Å². The molecule has 0 aromatic heterocycles. The van der Waals surface area contributed by atoms with Gasteiger partial charge in [-0.1, -0.05) is 42.5 Å². The highest BCUT2D eigenvalue weighted by atomic mass is 14.9. The van der Waals surface area contributed by atoms with E-state index in [1.807, 2.05) is 7.05 Å². The summed E-state index contributed by atoms with van der Waals surface area (Å²) in [5.74, 6) is 0. The number of hydrogen-bond acceptors (Lipinski definition) is 2. The minimum atomic E-state index is 0.393. The monoisotopic (exact) mass is 228 g/mol. The van der Waals surface area contributed by atoms with Crippen molar-refractivity contribution in [3.05, 3.63) is 48.0 Å². The van der Waals surface area contributed by atoms with Gasteiger partial charge in [-0.2, -0.15) is 0 Å². The highest BCUT2D eigenvalue weighted by Crippen LogP contribution is 2.26. The van der Waals surface area contributed by atoms with Gasteiger partial charge >= 0.3 is 0 Å². The second kappa shape index (κ2) is 5.80. The zero-order valence-corrected chi connectivity index (χ0v) is 10.3. The fourth-order valence-corrected chi connectivity index (χ4v) is 2.33. The molecule has 17 heavy (non-hydrogen) atoms. The highest BCUT2D eigenvalue weighted by molar-refractivity contribution is 5.86. The van der Waals surface area contributed by atoms with E-state index in [0.717, 1.165) is 19.4 Å². The van der Waals surface area contributed by atoms with E-state index in [1.54, 1.807) is 0 Å². The Kier molecular flexibility index (Phi) is 4.13. The third-order valence-corrected chi connectivity index (χ3v) is 3.24. The molecule has 0 aliphatic heterocycles. The van der Waals surface area contributed by atoms with Gasteiger partial charge in [0.2, 0.25) is 0 Å². The van der Waals surface area contributed by atoms with E-state index in [1.165, 1.54) is 16.3 Å². The lowest BCUT2D eigenvalue weighted by Crippen LogP contribution is -2.17. The normalized spacial score (nSPS) is 12.8. The maximum absolute atomic E-state index is 5.59.